The summed E-state index contributed by atoms with van der Waals surface area (Å²) in [6, 6.07) is 32.0. The molecule has 40 nitrogen and oxygen atoms in total. The molecule has 5 aliphatic rings. The van der Waals surface area contributed by atoms with Gasteiger partial charge < -0.3 is 70.9 Å². The molecule has 12 aromatic rings. The average molecular weight is 2030 g/mol. The molecule has 0 unspecified atom stereocenters. The number of aromatic carboxylic acids is 1. The van der Waals surface area contributed by atoms with Crippen molar-refractivity contribution in [2.75, 3.05) is 80.8 Å². The number of rotatable bonds is 17. The maximum atomic E-state index is 13.0. The number of halogens is 4. The van der Waals surface area contributed by atoms with Crippen molar-refractivity contribution in [2.45, 2.75) is 168 Å². The third-order valence-electron chi connectivity index (χ3n) is 22.5. The van der Waals surface area contributed by atoms with Crippen molar-refractivity contribution >= 4 is 107 Å². The number of carboxylic acid groups (broad SMARTS) is 1. The van der Waals surface area contributed by atoms with Crippen molar-refractivity contribution in [2.24, 2.45) is 46.9 Å². The van der Waals surface area contributed by atoms with Gasteiger partial charge in [-0.3, -0.25) is 42.2 Å². The molecule has 8 N–H and O–H groups in total. The topological polar surface area (TPSA) is 473 Å². The molecule has 0 bridgehead atoms. The normalized spacial score (nSPS) is 16.6. The van der Waals surface area contributed by atoms with Gasteiger partial charge in [-0.05, 0) is 278 Å². The molecule has 45 heteroatoms. The quantitative estimate of drug-likeness (QED) is 0.0193. The van der Waals surface area contributed by atoms with Crippen molar-refractivity contribution in [3.05, 3.63) is 229 Å². The number of ether oxygens (including phenoxy) is 2. The number of amides is 5. The number of nitrogens with zero attached hydrogens (tertiary/aromatic N) is 23. The zero-order valence-corrected chi connectivity index (χ0v) is 85.5. The first kappa shape index (κ1) is 111. The van der Waals surface area contributed by atoms with Gasteiger partial charge >= 0.3 is 25.3 Å². The smallest absolute Gasteiger partial charge is 0.478 e. The van der Waals surface area contributed by atoms with Crippen molar-refractivity contribution in [1.82, 2.24) is 119 Å². The van der Waals surface area contributed by atoms with Gasteiger partial charge in [-0.15, -0.1) is 0 Å². The second kappa shape index (κ2) is 54.4. The SMILES string of the molecule is C=CC(=O)Nc1ccc(C(=O)N2CCC[C@@H](Cc3nccc(-c4ccnn4C)n3)C2)cc1.C=CC(=O)Nc1ccc(C(=O)O)cc1.CC(C)(C)OC(=O)N1CCC[C@@H](N)C1.Clc1ccnc(Cl)n1.Cn1nccc1-c1ccnc(Cl)n1.Cn1nccc1-c1ccnc(N[C@@H]2CCCN(C(=O)OC(C)(C)C)C2)n1.Cn1nccc1-c1ccnc(N[C@@H]2CCCNC2)n1.Cn1nccc1B1OC(C)(C)C(C)(C)O1.[2H]CF. The number of aromatic nitrogens is 20. The highest BCUT2D eigenvalue weighted by atomic mass is 35.5. The predicted molar refractivity (Wildman–Crippen MR) is 549 cm³/mol. The third kappa shape index (κ3) is 36.2. The molecular weight excluding hydrogens is 1900 g/mol. The minimum Gasteiger partial charge on any atom is -0.478 e. The van der Waals surface area contributed by atoms with E-state index in [0.717, 1.165) is 141 Å². The lowest BCUT2D eigenvalue weighted by Crippen LogP contribution is -2.47. The summed E-state index contributed by atoms with van der Waals surface area (Å²) in [7, 11) is 8.11. The van der Waals surface area contributed by atoms with Crippen LogP contribution in [0.3, 0.4) is 0 Å². The van der Waals surface area contributed by atoms with E-state index in [1.165, 1.54) is 43.0 Å². The molecule has 4 atom stereocenters. The molecule has 10 aromatic heterocycles. The van der Waals surface area contributed by atoms with Gasteiger partial charge in [0.15, 0.2) is 0 Å². The number of nitrogens with one attached hydrogen (secondary N) is 5. The fraction of sp³-hybridized carbons (Fsp3) is 0.418. The first-order valence-corrected chi connectivity index (χ1v) is 47.4. The lowest BCUT2D eigenvalue weighted by Gasteiger charge is -2.34. The van der Waals surface area contributed by atoms with Crippen molar-refractivity contribution in [3.8, 4) is 45.6 Å². The first-order valence-electron chi connectivity index (χ1n) is 47.0. The van der Waals surface area contributed by atoms with E-state index in [1.807, 2.05) is 163 Å². The minimum atomic E-state index is -1.00. The first-order chi connectivity index (χ1) is 68.5. The van der Waals surface area contributed by atoms with Gasteiger partial charge in [0, 0.05) is 185 Å². The maximum absolute atomic E-state index is 13.0. The summed E-state index contributed by atoms with van der Waals surface area (Å²) in [6.45, 7) is 32.3. The Morgan fingerprint density at radius 2 is 0.930 bits per heavy atom. The number of anilines is 4. The van der Waals surface area contributed by atoms with Crippen LogP contribution >= 0.6 is 34.8 Å². The number of nitrogens with two attached hydrogens (primary N) is 1. The van der Waals surface area contributed by atoms with E-state index in [2.05, 4.69) is 110 Å². The van der Waals surface area contributed by atoms with Crippen LogP contribution in [0.1, 0.15) is 149 Å². The van der Waals surface area contributed by atoms with Crippen LogP contribution in [0.15, 0.2) is 196 Å². The number of benzene rings is 2. The highest BCUT2D eigenvalue weighted by Crippen LogP contribution is 2.37. The van der Waals surface area contributed by atoms with Crippen LogP contribution in [0.4, 0.5) is 37.3 Å². The predicted octanol–water partition coefficient (Wildman–Crippen LogP) is 14.3. The standard InChI is InChI=1S/C24H26N6O2.C18H26N6O2.C13H18N6.C10H17BN2O2.C10H20N2O2.C10H9NO3.C8H7ClN4.C4H2Cl2N2.CH3F/c1-3-23(31)27-19-8-6-18(7-9-19)24(32)30-14-4-5-17(16-30)15-22-25-12-10-20(28-22)21-11-13-26-29(21)2;1-18(2,3)26-17(25)24-11-5-6-13(12-24)21-16-19-9-7-14(22-16)15-8-10-20-23(15)4;1-19-12(5-8-16-19)11-4-7-15-13(18-11)17-10-3-2-6-14-9-10;1-9(2)10(3,4)15-11(14-9)8-6-7-12-13(8)5;1-10(2,3)14-9(13)12-6-4-5-8(11)7-12;1-2-9(12)11-8-5-3-7(4-6-8)10(13)14;1-13-7(3-5-11-13)6-2-4-10-8(9)12-6;5-3-1-2-7-4(6)8-3;1-2/h3,6-13,17H,1,4-5,14-16H2,2H3,(H,27,31);7-10,13H,5-6,11-12H2,1-4H3,(H,19,21,22);4-5,7-8,10,14H,2-3,6,9H2,1H3,(H,15,17,18);6-7H,1-5H3;8H,4-7,11H2,1-3H3;2-6H,1H2,(H,11,12)(H,13,14);2-5H,1H3;1-2H;1H3/t17-;13-;10-;;8-;;;;/m011.1..../s1/i;;;;;;;;1D. The highest BCUT2D eigenvalue weighted by Gasteiger charge is 2.53. The van der Waals surface area contributed by atoms with Crippen molar-refractivity contribution in [1.29, 1.82) is 0 Å². The average Bonchev–Trinajstić information content (AvgIpc) is 1.61. The molecule has 0 aliphatic carbocycles. The van der Waals surface area contributed by atoms with Gasteiger partial charge in [-0.25, -0.2) is 64.2 Å². The monoisotopic (exact) mass is 2020 g/mol. The number of carboxylic acids is 1. The minimum absolute atomic E-state index is 0.000788. The lowest BCUT2D eigenvalue weighted by atomic mass is 9.85. The van der Waals surface area contributed by atoms with Gasteiger partial charge in [-0.1, -0.05) is 24.8 Å². The number of piperidine rings is 4. The Balaban J connectivity index is 0.000000188. The van der Waals surface area contributed by atoms with Crippen LogP contribution in [0.25, 0.3) is 45.6 Å². The summed E-state index contributed by atoms with van der Waals surface area (Å²) in [4.78, 5) is 117. The Morgan fingerprint density at radius 1 is 0.517 bits per heavy atom. The zero-order chi connectivity index (χ0) is 105. The largest absolute Gasteiger partial charge is 0.514 e. The van der Waals surface area contributed by atoms with E-state index in [-0.39, 0.29) is 76.4 Å². The molecule has 2 aromatic carbocycles. The third-order valence-corrected chi connectivity index (χ3v) is 23.1. The Hall–Kier alpha value is -13.9. The molecule has 5 saturated heterocycles. The van der Waals surface area contributed by atoms with Gasteiger partial charge in [0.2, 0.25) is 34.3 Å². The Bertz CT molecular complexity index is 6100. The number of hydrogen-bond acceptors (Lipinski definition) is 29. The number of likely N-dealkylation sites (tertiary alicyclic amines) is 3. The van der Waals surface area contributed by atoms with Crippen LogP contribution in [-0.2, 0) is 70.0 Å². The van der Waals surface area contributed by atoms with E-state index < -0.39 is 24.3 Å². The van der Waals surface area contributed by atoms with Gasteiger partial charge in [0.1, 0.15) is 22.2 Å². The number of hydrogen-bond donors (Lipinski definition) is 7. The number of carbonyl (C=O) groups excluding carboxylic acids is 5. The number of aryl methyl sites for hydroxylation is 5. The van der Waals surface area contributed by atoms with E-state index in [9.17, 15) is 33.2 Å². The van der Waals surface area contributed by atoms with E-state index in [1.54, 1.807) is 121 Å². The molecule has 15 heterocycles. The molecule has 5 aliphatic heterocycles. The molecule has 5 amide bonds. The summed E-state index contributed by atoms with van der Waals surface area (Å²) >= 11 is 16.4. The molecule has 143 heavy (non-hydrogen) atoms. The molecule has 0 spiro atoms. The maximum Gasteiger partial charge on any atom is 0.514 e. The molecule has 0 saturated carbocycles. The zero-order valence-electron chi connectivity index (χ0n) is 84.3. The fourth-order valence-corrected chi connectivity index (χ4v) is 15.2. The molecular formula is C98H128BCl3FN29O11. The summed E-state index contributed by atoms with van der Waals surface area (Å²) < 4.78 is 46.9. The second-order valence-corrected chi connectivity index (χ2v) is 37.4. The Labute approximate surface area is 849 Å². The van der Waals surface area contributed by atoms with Gasteiger partial charge in [0.05, 0.1) is 76.4 Å². The number of carbonyl (C=O) groups is 6. The number of alkyl halides is 1. The highest BCUT2D eigenvalue weighted by molar-refractivity contribution is 6.61. The van der Waals surface area contributed by atoms with Crippen LogP contribution in [-0.4, -0.2) is 262 Å². The van der Waals surface area contributed by atoms with Crippen LogP contribution in [0.5, 0.6) is 0 Å². The van der Waals surface area contributed by atoms with Gasteiger partial charge in [-0.2, -0.15) is 25.5 Å². The van der Waals surface area contributed by atoms with Crippen LogP contribution < -0.4 is 37.9 Å². The van der Waals surface area contributed by atoms with Crippen molar-refractivity contribution in [3.63, 3.8) is 0 Å². The summed E-state index contributed by atoms with van der Waals surface area (Å²) in [5.41, 5.74) is 14.3. The van der Waals surface area contributed by atoms with E-state index in [4.69, 9.17) is 70.8 Å². The Morgan fingerprint density at radius 3 is 1.35 bits per heavy atom. The van der Waals surface area contributed by atoms with Crippen molar-refractivity contribution < 1.29 is 58.4 Å². The van der Waals surface area contributed by atoms with Gasteiger partial charge in [0.25, 0.3) is 5.91 Å². The molecule has 17 rings (SSSR count). The van der Waals surface area contributed by atoms with Crippen LogP contribution in [0.2, 0.25) is 15.7 Å². The lowest BCUT2D eigenvalue weighted by molar-refractivity contribution is -0.112. The molecule has 5 fully saturated rings. The summed E-state index contributed by atoms with van der Waals surface area (Å²) in [5, 5.41) is 45.4. The summed E-state index contributed by atoms with van der Waals surface area (Å²) in [6.07, 6.45) is 27.9. The second-order valence-electron chi connectivity index (χ2n) is 36.3. The molecule has 762 valence electrons. The van der Waals surface area contributed by atoms with E-state index in [0.29, 0.717) is 72.1 Å². The Kier molecular flexibility index (Phi) is 42.2. The fourth-order valence-electron chi connectivity index (χ4n) is 14.7. The van der Waals surface area contributed by atoms with E-state index >= 15 is 0 Å². The van der Waals surface area contributed by atoms with Crippen LogP contribution in [0, 0.1) is 5.92 Å². The molecule has 0 radical (unpaired) electrons. The summed E-state index contributed by atoms with van der Waals surface area (Å²) in [5.74, 6) is 0.733.